The van der Waals surface area contributed by atoms with Gasteiger partial charge in [-0.25, -0.2) is 8.42 Å². The average Bonchev–Trinajstić information content (AvgIpc) is 3.28. The van der Waals surface area contributed by atoms with Crippen molar-refractivity contribution in [1.29, 1.82) is 0 Å². The van der Waals surface area contributed by atoms with Gasteiger partial charge < -0.3 is 14.2 Å². The van der Waals surface area contributed by atoms with Crippen molar-refractivity contribution in [2.45, 2.75) is 17.4 Å². The number of rotatable bonds is 7. The molecule has 10 heteroatoms. The number of carbonyl (C=O) groups is 1. The molecule has 1 N–H and O–H groups in total. The number of benzene rings is 1. The van der Waals surface area contributed by atoms with E-state index in [1.165, 1.54) is 12.3 Å². The van der Waals surface area contributed by atoms with Gasteiger partial charge >= 0.3 is 5.22 Å². The number of carbonyl (C=O) groups excluding carboxylic acids is 1. The molecule has 0 saturated carbocycles. The van der Waals surface area contributed by atoms with Crippen molar-refractivity contribution in [2.75, 3.05) is 6.54 Å². The van der Waals surface area contributed by atoms with Crippen LogP contribution >= 0.6 is 11.6 Å². The van der Waals surface area contributed by atoms with Crippen molar-refractivity contribution >= 4 is 27.3 Å². The highest BCUT2D eigenvalue weighted by molar-refractivity contribution is 7.90. The second-order valence-electron chi connectivity index (χ2n) is 5.30. The van der Waals surface area contributed by atoms with Crippen LogP contribution in [0.3, 0.4) is 0 Å². The van der Waals surface area contributed by atoms with Gasteiger partial charge in [0.1, 0.15) is 0 Å². The lowest BCUT2D eigenvalue weighted by atomic mass is 10.2. The molecule has 0 spiro atoms. The van der Waals surface area contributed by atoms with Gasteiger partial charge in [-0.3, -0.25) is 4.79 Å². The van der Waals surface area contributed by atoms with E-state index in [1.54, 1.807) is 30.3 Å². The van der Waals surface area contributed by atoms with Gasteiger partial charge in [0.2, 0.25) is 15.7 Å². The smallest absolute Gasteiger partial charge is 0.335 e. The first-order valence-corrected chi connectivity index (χ1v) is 9.59. The lowest BCUT2D eigenvalue weighted by molar-refractivity contribution is 0.0926. The van der Waals surface area contributed by atoms with Crippen LogP contribution in [-0.2, 0) is 22.0 Å². The molecule has 2 heterocycles. The number of sulfone groups is 1. The molecule has 2 aromatic heterocycles. The van der Waals surface area contributed by atoms with Crippen LogP contribution in [0.5, 0.6) is 0 Å². The Morgan fingerprint density at radius 3 is 2.69 bits per heavy atom. The van der Waals surface area contributed by atoms with Crippen LogP contribution in [-0.4, -0.2) is 31.1 Å². The van der Waals surface area contributed by atoms with E-state index in [0.29, 0.717) is 10.6 Å². The Hall–Kier alpha value is -2.65. The van der Waals surface area contributed by atoms with E-state index in [-0.39, 0.29) is 36.3 Å². The van der Waals surface area contributed by atoms with Gasteiger partial charge in [0, 0.05) is 18.0 Å². The molecule has 136 valence electrons. The Balaban J connectivity index is 1.60. The van der Waals surface area contributed by atoms with E-state index in [2.05, 4.69) is 15.5 Å². The molecule has 0 atom stereocenters. The molecule has 0 unspecified atom stereocenters. The van der Waals surface area contributed by atoms with E-state index in [4.69, 9.17) is 20.4 Å². The number of amides is 1. The highest BCUT2D eigenvalue weighted by Crippen LogP contribution is 2.21. The first kappa shape index (κ1) is 18.2. The molecule has 0 aliphatic carbocycles. The quantitative estimate of drug-likeness (QED) is 0.652. The van der Waals surface area contributed by atoms with Crippen molar-refractivity contribution in [3.05, 3.63) is 64.9 Å². The van der Waals surface area contributed by atoms with Crippen LogP contribution in [0, 0.1) is 0 Å². The van der Waals surface area contributed by atoms with E-state index in [9.17, 15) is 13.2 Å². The third-order valence-corrected chi connectivity index (χ3v) is 5.14. The molecule has 0 aliphatic rings. The van der Waals surface area contributed by atoms with Crippen LogP contribution in [0.4, 0.5) is 0 Å². The summed E-state index contributed by atoms with van der Waals surface area (Å²) in [5, 5.41) is 9.75. The minimum absolute atomic E-state index is 0.0995. The number of hydrogen-bond donors (Lipinski definition) is 1. The third kappa shape index (κ3) is 4.30. The number of hydrogen-bond acceptors (Lipinski definition) is 7. The van der Waals surface area contributed by atoms with Crippen LogP contribution in [0.15, 0.2) is 56.7 Å². The highest BCUT2D eigenvalue weighted by Gasteiger charge is 2.24. The summed E-state index contributed by atoms with van der Waals surface area (Å²) in [6.45, 7) is 0.186. The second kappa shape index (κ2) is 7.71. The fourth-order valence-corrected chi connectivity index (χ4v) is 3.58. The summed E-state index contributed by atoms with van der Waals surface area (Å²) in [6.07, 6.45) is 1.57. The maximum Gasteiger partial charge on any atom is 0.335 e. The Morgan fingerprint density at radius 1 is 1.15 bits per heavy atom. The topological polar surface area (TPSA) is 115 Å². The number of aromatic nitrogens is 2. The van der Waals surface area contributed by atoms with E-state index >= 15 is 0 Å². The standard InChI is InChI=1S/C16H14ClN3O5S/c17-12-5-2-1-4-11(12)10-26(22,23)16-20-19-14(25-16)7-8-18-15(21)13-6-3-9-24-13/h1-6,9H,7-8,10H2,(H,18,21). The monoisotopic (exact) mass is 395 g/mol. The third-order valence-electron chi connectivity index (χ3n) is 3.39. The Labute approximate surface area is 154 Å². The first-order valence-electron chi connectivity index (χ1n) is 7.56. The summed E-state index contributed by atoms with van der Waals surface area (Å²) >= 11 is 5.98. The normalized spacial score (nSPS) is 11.4. The van der Waals surface area contributed by atoms with Crippen LogP contribution in [0.25, 0.3) is 0 Å². The molecule has 3 rings (SSSR count). The molecule has 0 bridgehead atoms. The highest BCUT2D eigenvalue weighted by atomic mass is 35.5. The van der Waals surface area contributed by atoms with Gasteiger partial charge in [-0.1, -0.05) is 34.9 Å². The van der Waals surface area contributed by atoms with Gasteiger partial charge in [0.05, 0.1) is 12.0 Å². The zero-order valence-electron chi connectivity index (χ0n) is 13.4. The molecule has 3 aromatic rings. The molecule has 0 saturated heterocycles. The van der Waals surface area contributed by atoms with Crippen molar-refractivity contribution in [3.63, 3.8) is 0 Å². The van der Waals surface area contributed by atoms with Gasteiger partial charge in [-0.2, -0.15) is 0 Å². The zero-order valence-corrected chi connectivity index (χ0v) is 15.0. The summed E-state index contributed by atoms with van der Waals surface area (Å²) in [4.78, 5) is 11.7. The van der Waals surface area contributed by atoms with Crippen molar-refractivity contribution < 1.29 is 22.0 Å². The van der Waals surface area contributed by atoms with Crippen molar-refractivity contribution in [1.82, 2.24) is 15.5 Å². The fourth-order valence-electron chi connectivity index (χ4n) is 2.12. The van der Waals surface area contributed by atoms with Crippen molar-refractivity contribution in [3.8, 4) is 0 Å². The maximum absolute atomic E-state index is 12.4. The van der Waals surface area contributed by atoms with Gasteiger partial charge in [-0.15, -0.1) is 5.10 Å². The zero-order chi connectivity index (χ0) is 18.6. The number of nitrogens with zero attached hydrogens (tertiary/aromatic N) is 2. The summed E-state index contributed by atoms with van der Waals surface area (Å²) in [5.74, 6) is -0.453. The average molecular weight is 396 g/mol. The number of furan rings is 1. The first-order chi connectivity index (χ1) is 12.5. The SMILES string of the molecule is O=C(NCCc1nnc(S(=O)(=O)Cc2ccccc2Cl)o1)c1ccco1. The summed E-state index contributed by atoms with van der Waals surface area (Å²) < 4.78 is 34.9. The minimum Gasteiger partial charge on any atom is -0.459 e. The molecular weight excluding hydrogens is 382 g/mol. The molecule has 0 aliphatic heterocycles. The molecule has 26 heavy (non-hydrogen) atoms. The van der Waals surface area contributed by atoms with E-state index < -0.39 is 15.1 Å². The Morgan fingerprint density at radius 2 is 1.96 bits per heavy atom. The van der Waals surface area contributed by atoms with Crippen molar-refractivity contribution in [2.24, 2.45) is 0 Å². The summed E-state index contributed by atoms with van der Waals surface area (Å²) in [6, 6.07) is 9.75. The molecule has 0 fully saturated rings. The lowest BCUT2D eigenvalue weighted by Gasteiger charge is -2.02. The predicted octanol–water partition coefficient (Wildman–Crippen LogP) is 2.26. The van der Waals surface area contributed by atoms with E-state index in [0.717, 1.165) is 0 Å². The van der Waals surface area contributed by atoms with Crippen LogP contribution in [0.1, 0.15) is 22.0 Å². The second-order valence-corrected chi connectivity index (χ2v) is 7.57. The molecule has 1 aromatic carbocycles. The predicted molar refractivity (Wildman–Crippen MR) is 91.4 cm³/mol. The number of halogens is 1. The van der Waals surface area contributed by atoms with Crippen LogP contribution < -0.4 is 5.32 Å². The van der Waals surface area contributed by atoms with Crippen LogP contribution in [0.2, 0.25) is 5.02 Å². The minimum atomic E-state index is -3.82. The molecular formula is C16H14ClN3O5S. The maximum atomic E-state index is 12.4. The fraction of sp³-hybridized carbons (Fsp3) is 0.188. The lowest BCUT2D eigenvalue weighted by Crippen LogP contribution is -2.25. The Kier molecular flexibility index (Phi) is 5.38. The Bertz CT molecular complexity index is 999. The summed E-state index contributed by atoms with van der Waals surface area (Å²) in [7, 11) is -3.82. The molecule has 0 radical (unpaired) electrons. The van der Waals surface area contributed by atoms with Gasteiger partial charge in [-0.05, 0) is 23.8 Å². The van der Waals surface area contributed by atoms with Gasteiger partial charge in [0.25, 0.3) is 5.91 Å². The van der Waals surface area contributed by atoms with Gasteiger partial charge in [0.15, 0.2) is 5.76 Å². The molecule has 1 amide bonds. The molecule has 8 nitrogen and oxygen atoms in total. The van der Waals surface area contributed by atoms with E-state index in [1.807, 2.05) is 0 Å². The largest absolute Gasteiger partial charge is 0.459 e. The summed E-state index contributed by atoms with van der Waals surface area (Å²) in [5.41, 5.74) is 0.444. The number of nitrogens with one attached hydrogen (secondary N) is 1.